The summed E-state index contributed by atoms with van der Waals surface area (Å²) >= 11 is 3.20. The van der Waals surface area contributed by atoms with E-state index < -0.39 is 30.0 Å². The molecular formula is C11H10BrF3N2O3. The fourth-order valence-electron chi connectivity index (χ4n) is 1.78. The maximum atomic E-state index is 12.4. The van der Waals surface area contributed by atoms with Crippen LogP contribution in [0.1, 0.15) is 12.0 Å². The molecule has 110 valence electrons. The van der Waals surface area contributed by atoms with Crippen LogP contribution in [0.15, 0.2) is 18.3 Å². The van der Waals surface area contributed by atoms with Crippen molar-refractivity contribution in [1.29, 1.82) is 0 Å². The molecule has 20 heavy (non-hydrogen) atoms. The highest BCUT2D eigenvalue weighted by Gasteiger charge is 2.38. The van der Waals surface area contributed by atoms with E-state index >= 15 is 0 Å². The number of aromatic nitrogens is 1. The Morgan fingerprint density at radius 3 is 2.65 bits per heavy atom. The number of aliphatic carboxylic acids is 1. The number of nitrogens with zero attached hydrogens (tertiary/aromatic N) is 1. The molecule has 2 rings (SSSR count). The van der Waals surface area contributed by atoms with Crippen molar-refractivity contribution >= 4 is 21.9 Å². The number of nitrogens with one attached hydrogen (secondary N) is 1. The Bertz CT molecular complexity index is 495. The van der Waals surface area contributed by atoms with Gasteiger partial charge >= 0.3 is 12.1 Å². The topological polar surface area (TPSA) is 71.5 Å². The highest BCUT2D eigenvalue weighted by molar-refractivity contribution is 9.09. The van der Waals surface area contributed by atoms with E-state index in [4.69, 9.17) is 9.84 Å². The van der Waals surface area contributed by atoms with E-state index in [1.165, 1.54) is 0 Å². The van der Waals surface area contributed by atoms with Gasteiger partial charge in [-0.25, -0.2) is 4.98 Å². The fourth-order valence-corrected chi connectivity index (χ4v) is 2.50. The third kappa shape index (κ3) is 3.40. The normalized spacial score (nSPS) is 26.5. The number of hydrogen-bond donors (Lipinski definition) is 2. The molecule has 1 fully saturated rings. The molecule has 1 aromatic heterocycles. The van der Waals surface area contributed by atoms with Gasteiger partial charge in [0.1, 0.15) is 6.04 Å². The molecule has 9 heteroatoms. The minimum absolute atomic E-state index is 0.00115. The van der Waals surface area contributed by atoms with Crippen LogP contribution in [0.4, 0.5) is 13.2 Å². The van der Waals surface area contributed by atoms with Crippen LogP contribution in [0.3, 0.4) is 0 Å². The van der Waals surface area contributed by atoms with Crippen molar-refractivity contribution < 1.29 is 27.8 Å². The Hall–Kier alpha value is -1.35. The monoisotopic (exact) mass is 354 g/mol. The highest BCUT2D eigenvalue weighted by atomic mass is 79.9. The van der Waals surface area contributed by atoms with Gasteiger partial charge in [-0.05, 0) is 6.07 Å². The largest absolute Gasteiger partial charge is 0.480 e. The number of hydrogen-bond acceptors (Lipinski definition) is 4. The predicted octanol–water partition coefficient (Wildman–Crippen LogP) is 2.02. The first-order chi connectivity index (χ1) is 9.27. The molecule has 1 aliphatic rings. The number of carboxylic acids is 1. The molecule has 3 unspecified atom stereocenters. The van der Waals surface area contributed by atoms with Gasteiger partial charge in [-0.3, -0.25) is 10.1 Å². The maximum absolute atomic E-state index is 12.4. The molecule has 2 heterocycles. The van der Waals surface area contributed by atoms with Crippen LogP contribution in [0, 0.1) is 0 Å². The summed E-state index contributed by atoms with van der Waals surface area (Å²) in [5.74, 6) is -1.03. The lowest BCUT2D eigenvalue weighted by atomic mass is 10.2. The first-order valence-corrected chi connectivity index (χ1v) is 6.52. The summed E-state index contributed by atoms with van der Waals surface area (Å²) in [7, 11) is 0. The Morgan fingerprint density at radius 2 is 2.20 bits per heavy atom. The van der Waals surface area contributed by atoms with Gasteiger partial charge in [0.2, 0.25) is 5.88 Å². The molecule has 0 spiro atoms. The second-order valence-corrected chi connectivity index (χ2v) is 5.40. The molecular weight excluding hydrogens is 345 g/mol. The summed E-state index contributed by atoms with van der Waals surface area (Å²) in [6, 6.07) is 1.15. The van der Waals surface area contributed by atoms with Crippen molar-refractivity contribution in [3.63, 3.8) is 0 Å². The molecule has 1 saturated heterocycles. The number of ether oxygens (including phenoxy) is 1. The standard InChI is InChI=1S/C11H10BrF3N2O3/c12-6-3-8(17-9(6)10(18)19)20-7-2-1-5(4-16-7)11(13,14)15/h1-2,4,6,8-9,17H,3H2,(H,18,19). The van der Waals surface area contributed by atoms with Gasteiger partial charge in [0.15, 0.2) is 6.23 Å². The Kier molecular flexibility index (Phi) is 4.19. The first kappa shape index (κ1) is 15.0. The van der Waals surface area contributed by atoms with E-state index in [0.29, 0.717) is 12.6 Å². The van der Waals surface area contributed by atoms with Gasteiger partial charge < -0.3 is 9.84 Å². The van der Waals surface area contributed by atoms with Crippen molar-refractivity contribution in [1.82, 2.24) is 10.3 Å². The summed E-state index contributed by atoms with van der Waals surface area (Å²) in [6.07, 6.45) is -4.04. The van der Waals surface area contributed by atoms with Crippen LogP contribution in [0.25, 0.3) is 0 Å². The zero-order valence-electron chi connectivity index (χ0n) is 9.89. The molecule has 5 nitrogen and oxygen atoms in total. The smallest absolute Gasteiger partial charge is 0.417 e. The third-order valence-electron chi connectivity index (χ3n) is 2.76. The number of pyridine rings is 1. The Morgan fingerprint density at radius 1 is 1.50 bits per heavy atom. The van der Waals surface area contributed by atoms with Crippen molar-refractivity contribution in [2.75, 3.05) is 0 Å². The van der Waals surface area contributed by atoms with Crippen molar-refractivity contribution in [3.05, 3.63) is 23.9 Å². The molecule has 3 atom stereocenters. The molecule has 0 bridgehead atoms. The zero-order chi connectivity index (χ0) is 14.9. The third-order valence-corrected chi connectivity index (χ3v) is 3.66. The van der Waals surface area contributed by atoms with E-state index in [0.717, 1.165) is 12.1 Å². The first-order valence-electron chi connectivity index (χ1n) is 5.60. The second-order valence-electron chi connectivity index (χ2n) is 4.22. The van der Waals surface area contributed by atoms with Crippen molar-refractivity contribution in [2.45, 2.75) is 29.7 Å². The number of halogens is 4. The molecule has 1 aromatic rings. The summed E-state index contributed by atoms with van der Waals surface area (Å²) in [6.45, 7) is 0. The minimum atomic E-state index is -4.45. The summed E-state index contributed by atoms with van der Waals surface area (Å²) in [4.78, 5) is 14.1. The van der Waals surface area contributed by atoms with Gasteiger partial charge in [0.05, 0.1) is 5.56 Å². The molecule has 0 amide bonds. The quantitative estimate of drug-likeness (QED) is 0.812. The van der Waals surface area contributed by atoms with Crippen molar-refractivity contribution in [3.8, 4) is 5.88 Å². The molecule has 2 N–H and O–H groups in total. The van der Waals surface area contributed by atoms with Gasteiger partial charge in [-0.15, -0.1) is 0 Å². The van der Waals surface area contributed by atoms with Crippen LogP contribution in [0.2, 0.25) is 0 Å². The van der Waals surface area contributed by atoms with Crippen LogP contribution in [0.5, 0.6) is 5.88 Å². The van der Waals surface area contributed by atoms with E-state index in [9.17, 15) is 18.0 Å². The lowest BCUT2D eigenvalue weighted by Gasteiger charge is -2.14. The van der Waals surface area contributed by atoms with Crippen LogP contribution in [-0.2, 0) is 11.0 Å². The molecule has 0 aromatic carbocycles. The van der Waals surface area contributed by atoms with Crippen LogP contribution in [-0.4, -0.2) is 33.2 Å². The molecule has 0 saturated carbocycles. The summed E-state index contributed by atoms with van der Waals surface area (Å²) in [5, 5.41) is 11.6. The highest BCUT2D eigenvalue weighted by Crippen LogP contribution is 2.29. The number of rotatable bonds is 3. The van der Waals surface area contributed by atoms with Crippen molar-refractivity contribution in [2.24, 2.45) is 0 Å². The van der Waals surface area contributed by atoms with Crippen LogP contribution >= 0.6 is 15.9 Å². The summed E-state index contributed by atoms with van der Waals surface area (Å²) < 4.78 is 42.4. The molecule has 0 radical (unpaired) electrons. The molecule has 0 aliphatic carbocycles. The average Bonchev–Trinajstić information content (AvgIpc) is 2.70. The van der Waals surface area contributed by atoms with E-state index in [2.05, 4.69) is 26.2 Å². The minimum Gasteiger partial charge on any atom is -0.480 e. The van der Waals surface area contributed by atoms with E-state index in [-0.39, 0.29) is 10.7 Å². The fraction of sp³-hybridized carbons (Fsp3) is 0.455. The maximum Gasteiger partial charge on any atom is 0.417 e. The Balaban J connectivity index is 2.00. The number of carboxylic acid groups (broad SMARTS) is 1. The van der Waals surface area contributed by atoms with Gasteiger partial charge in [-0.2, -0.15) is 13.2 Å². The summed E-state index contributed by atoms with van der Waals surface area (Å²) in [5.41, 5.74) is -0.869. The lowest BCUT2D eigenvalue weighted by molar-refractivity contribution is -0.139. The zero-order valence-corrected chi connectivity index (χ0v) is 11.5. The van der Waals surface area contributed by atoms with Crippen LogP contribution < -0.4 is 10.1 Å². The predicted molar refractivity (Wildman–Crippen MR) is 65.5 cm³/mol. The SMILES string of the molecule is O=C(O)C1NC(Oc2ccc(C(F)(F)F)cn2)CC1Br. The van der Waals surface area contributed by atoms with E-state index in [1.54, 1.807) is 0 Å². The van der Waals surface area contributed by atoms with Gasteiger partial charge in [-0.1, -0.05) is 15.9 Å². The van der Waals surface area contributed by atoms with Gasteiger partial charge in [0.25, 0.3) is 0 Å². The Labute approximate surface area is 120 Å². The number of carbonyl (C=O) groups is 1. The molecule has 1 aliphatic heterocycles. The second kappa shape index (κ2) is 5.57. The average molecular weight is 355 g/mol. The van der Waals surface area contributed by atoms with E-state index in [1.807, 2.05) is 0 Å². The lowest BCUT2D eigenvalue weighted by Crippen LogP contribution is -2.40. The van der Waals surface area contributed by atoms with Gasteiger partial charge in [0, 0.05) is 23.5 Å². The number of alkyl halides is 4.